The van der Waals surface area contributed by atoms with E-state index in [1.54, 1.807) is 42.5 Å². The maximum Gasteiger partial charge on any atom is 0.410 e. The molecule has 1 unspecified atom stereocenters. The van der Waals surface area contributed by atoms with Crippen LogP contribution < -0.4 is 0 Å². The van der Waals surface area contributed by atoms with Crippen LogP contribution in [0.1, 0.15) is 43.8 Å². The van der Waals surface area contributed by atoms with E-state index < -0.39 is 11.6 Å². The number of aromatic nitrogens is 5. The molecule has 0 aliphatic carbocycles. The van der Waals surface area contributed by atoms with Gasteiger partial charge in [-0.05, 0) is 30.0 Å². The van der Waals surface area contributed by atoms with Gasteiger partial charge in [0.05, 0.1) is 30.0 Å². The number of nitrogens with zero attached hydrogens (tertiary/aromatic N) is 8. The minimum Gasteiger partial charge on any atom is -0.445 e. The monoisotopic (exact) mass is 618 g/mol. The first-order valence-electron chi connectivity index (χ1n) is 15.3. The fourth-order valence-corrected chi connectivity index (χ4v) is 6.42. The second-order valence-electron chi connectivity index (χ2n) is 12.0. The number of fused-ring (bicyclic) bond motifs is 1. The number of amides is 3. The molecule has 3 aromatic heterocycles. The van der Waals surface area contributed by atoms with E-state index in [9.17, 15) is 14.4 Å². The quantitative estimate of drug-likeness (QED) is 0.285. The average molecular weight is 619 g/mol. The van der Waals surface area contributed by atoms with E-state index in [4.69, 9.17) is 4.74 Å². The Morgan fingerprint density at radius 1 is 0.804 bits per heavy atom. The largest absolute Gasteiger partial charge is 0.445 e. The molecular formula is C34H34N8O4. The second kappa shape index (κ2) is 12.1. The number of likely N-dealkylation sites (tertiary alicyclic amines) is 1. The van der Waals surface area contributed by atoms with Gasteiger partial charge in [-0.25, -0.2) is 14.3 Å². The van der Waals surface area contributed by atoms with Gasteiger partial charge in [-0.1, -0.05) is 60.7 Å². The van der Waals surface area contributed by atoms with Crippen LogP contribution in [0.25, 0.3) is 5.65 Å². The van der Waals surface area contributed by atoms with Gasteiger partial charge in [-0.15, -0.1) is 0 Å². The highest BCUT2D eigenvalue weighted by molar-refractivity contribution is 6.00. The molecule has 12 nitrogen and oxygen atoms in total. The molecule has 5 aromatic rings. The van der Waals surface area contributed by atoms with Gasteiger partial charge in [0.1, 0.15) is 12.2 Å². The zero-order valence-electron chi connectivity index (χ0n) is 25.5. The molecule has 0 saturated carbocycles. The Bertz CT molecular complexity index is 1890. The first-order chi connectivity index (χ1) is 22.4. The molecule has 234 valence electrons. The lowest BCUT2D eigenvalue weighted by Crippen LogP contribution is -2.66. The highest BCUT2D eigenvalue weighted by atomic mass is 16.6. The Kier molecular flexibility index (Phi) is 7.69. The minimum atomic E-state index is -0.829. The van der Waals surface area contributed by atoms with Gasteiger partial charge in [0.2, 0.25) is 0 Å². The van der Waals surface area contributed by atoms with Crippen molar-refractivity contribution < 1.29 is 19.1 Å². The van der Waals surface area contributed by atoms with Gasteiger partial charge in [0.25, 0.3) is 11.8 Å². The molecule has 2 saturated heterocycles. The predicted molar refractivity (Wildman–Crippen MR) is 168 cm³/mol. The minimum absolute atomic E-state index is 0.131. The first kappa shape index (κ1) is 29.2. The van der Waals surface area contributed by atoms with Crippen molar-refractivity contribution in [2.45, 2.75) is 32.0 Å². The van der Waals surface area contributed by atoms with Crippen molar-refractivity contribution in [3.63, 3.8) is 0 Å². The maximum atomic E-state index is 13.9. The van der Waals surface area contributed by atoms with Gasteiger partial charge in [0.15, 0.2) is 5.65 Å². The summed E-state index contributed by atoms with van der Waals surface area (Å²) in [5.41, 5.74) is 3.41. The summed E-state index contributed by atoms with van der Waals surface area (Å²) in [6.07, 6.45) is 8.43. The summed E-state index contributed by atoms with van der Waals surface area (Å²) >= 11 is 0. The molecule has 0 bridgehead atoms. The topological polar surface area (TPSA) is 118 Å². The van der Waals surface area contributed by atoms with Crippen LogP contribution in [0.15, 0.2) is 91.6 Å². The lowest BCUT2D eigenvalue weighted by Gasteiger charge is -2.48. The summed E-state index contributed by atoms with van der Waals surface area (Å²) < 4.78 is 9.12. The molecule has 0 N–H and O–H groups in total. The molecule has 3 amide bonds. The Balaban J connectivity index is 1.12. The van der Waals surface area contributed by atoms with Crippen molar-refractivity contribution in [1.82, 2.24) is 39.1 Å². The van der Waals surface area contributed by atoms with E-state index in [1.165, 1.54) is 6.20 Å². The average Bonchev–Trinajstić information content (AvgIpc) is 3.83. The summed E-state index contributed by atoms with van der Waals surface area (Å²) in [6, 6.07) is 19.4. The maximum absolute atomic E-state index is 13.9. The summed E-state index contributed by atoms with van der Waals surface area (Å²) in [6.45, 7) is 4.09. The standard InChI is InChI=1S/C34H34N8O4/c1-25-16-35-30-29(18-37-42(30)19-25)32(44)39-14-15-41(33(45)46-22-27-10-6-3-7-11-27)34(24-39)12-13-38(23-34)31(43)28-17-36-40(21-28)20-26-8-4-2-5-9-26/h2-11,16-19,21H,12-15,20,22-24H2,1H3. The fourth-order valence-electron chi connectivity index (χ4n) is 6.42. The zero-order valence-corrected chi connectivity index (χ0v) is 25.5. The van der Waals surface area contributed by atoms with E-state index in [0.717, 1.165) is 16.7 Å². The van der Waals surface area contributed by atoms with Crippen molar-refractivity contribution in [2.24, 2.45) is 0 Å². The highest BCUT2D eigenvalue weighted by Crippen LogP contribution is 2.34. The molecule has 2 aromatic carbocycles. The summed E-state index contributed by atoms with van der Waals surface area (Å²) in [4.78, 5) is 50.9. The number of carbonyl (C=O) groups is 3. The number of hydrogen-bond donors (Lipinski definition) is 0. The Labute approximate surface area is 265 Å². The van der Waals surface area contributed by atoms with Crippen LogP contribution >= 0.6 is 0 Å². The molecule has 2 fully saturated rings. The third-order valence-corrected chi connectivity index (χ3v) is 8.77. The van der Waals surface area contributed by atoms with E-state index in [1.807, 2.05) is 73.8 Å². The number of piperazine rings is 1. The van der Waals surface area contributed by atoms with Crippen LogP contribution in [0.5, 0.6) is 0 Å². The molecular weight excluding hydrogens is 584 g/mol. The molecule has 5 heterocycles. The third kappa shape index (κ3) is 5.69. The summed E-state index contributed by atoms with van der Waals surface area (Å²) in [5.74, 6) is -0.380. The van der Waals surface area contributed by atoms with Gasteiger partial charge in [-0.2, -0.15) is 10.2 Å². The van der Waals surface area contributed by atoms with Crippen LogP contribution in [0, 0.1) is 6.92 Å². The number of benzene rings is 2. The highest BCUT2D eigenvalue weighted by Gasteiger charge is 2.51. The number of carbonyl (C=O) groups excluding carboxylic acids is 3. The summed E-state index contributed by atoms with van der Waals surface area (Å²) in [7, 11) is 0. The predicted octanol–water partition coefficient (Wildman–Crippen LogP) is 3.66. The zero-order chi connectivity index (χ0) is 31.7. The van der Waals surface area contributed by atoms with E-state index in [2.05, 4.69) is 15.2 Å². The Morgan fingerprint density at radius 3 is 2.28 bits per heavy atom. The number of ether oxygens (including phenoxy) is 1. The molecule has 2 aliphatic rings. The van der Waals surface area contributed by atoms with Gasteiger partial charge in [0, 0.05) is 51.3 Å². The van der Waals surface area contributed by atoms with E-state index in [0.29, 0.717) is 42.8 Å². The Morgan fingerprint density at radius 2 is 1.52 bits per heavy atom. The van der Waals surface area contributed by atoms with Crippen LogP contribution in [-0.2, 0) is 17.9 Å². The lowest BCUT2D eigenvalue weighted by molar-refractivity contribution is -0.00119. The van der Waals surface area contributed by atoms with Gasteiger partial charge in [-0.3, -0.25) is 19.2 Å². The molecule has 1 atom stereocenters. The second-order valence-corrected chi connectivity index (χ2v) is 12.0. The van der Waals surface area contributed by atoms with Gasteiger partial charge < -0.3 is 14.5 Å². The van der Waals surface area contributed by atoms with Crippen LogP contribution in [-0.4, -0.2) is 95.2 Å². The third-order valence-electron chi connectivity index (χ3n) is 8.77. The van der Waals surface area contributed by atoms with Crippen molar-refractivity contribution >= 4 is 23.6 Å². The van der Waals surface area contributed by atoms with Gasteiger partial charge >= 0.3 is 6.09 Å². The van der Waals surface area contributed by atoms with E-state index >= 15 is 0 Å². The lowest BCUT2D eigenvalue weighted by atomic mass is 9.92. The smallest absolute Gasteiger partial charge is 0.410 e. The van der Waals surface area contributed by atoms with Crippen molar-refractivity contribution in [3.8, 4) is 0 Å². The molecule has 0 radical (unpaired) electrons. The van der Waals surface area contributed by atoms with Crippen LogP contribution in [0.2, 0.25) is 0 Å². The van der Waals surface area contributed by atoms with E-state index in [-0.39, 0.29) is 38.1 Å². The molecule has 1 spiro atoms. The van der Waals surface area contributed by atoms with Crippen molar-refractivity contribution in [2.75, 3.05) is 32.7 Å². The van der Waals surface area contributed by atoms with Crippen LogP contribution in [0.4, 0.5) is 4.79 Å². The number of aryl methyl sites for hydroxylation is 1. The molecule has 7 rings (SSSR count). The Hall–Kier alpha value is -5.52. The van der Waals surface area contributed by atoms with Crippen LogP contribution in [0.3, 0.4) is 0 Å². The normalized spacial score (nSPS) is 18.0. The molecule has 12 heteroatoms. The number of hydrogen-bond acceptors (Lipinski definition) is 7. The van der Waals surface area contributed by atoms with Crippen molar-refractivity contribution in [1.29, 1.82) is 0 Å². The summed E-state index contributed by atoms with van der Waals surface area (Å²) in [5, 5.41) is 8.76. The first-order valence-corrected chi connectivity index (χ1v) is 15.3. The SMILES string of the molecule is Cc1cnc2c(C(=O)N3CCN(C(=O)OCc4ccccc4)C4(CCN(C(=O)c5cnn(Cc6ccccc6)c5)C4)C3)cnn2c1. The molecule has 2 aliphatic heterocycles. The molecule has 46 heavy (non-hydrogen) atoms. The van der Waals surface area contributed by atoms with Crippen molar-refractivity contribution in [3.05, 3.63) is 119 Å². The number of rotatable bonds is 6. The fraction of sp³-hybridized carbons (Fsp3) is 0.294.